The molecule has 0 aliphatic rings. The van der Waals surface area contributed by atoms with Crippen molar-refractivity contribution in [1.82, 2.24) is 9.78 Å². The standard InChI is InChI=1S/C22H21F2N3O3S/c1-14-20(15(2)27(26-14)12-16-6-4-3-5-7-16)21(29)30-13-19(28)25-17-8-10-18(11-9-17)31-22(23)24/h3-11,22H,12-13H2,1-2H3,(H,25,28). The summed E-state index contributed by atoms with van der Waals surface area (Å²) in [6.07, 6.45) is 0. The van der Waals surface area contributed by atoms with Gasteiger partial charge in [-0.2, -0.15) is 13.9 Å². The molecule has 0 fully saturated rings. The number of amides is 1. The Morgan fingerprint density at radius 2 is 1.77 bits per heavy atom. The second kappa shape index (κ2) is 10.2. The van der Waals surface area contributed by atoms with E-state index in [1.807, 2.05) is 30.3 Å². The van der Waals surface area contributed by atoms with Crippen molar-refractivity contribution < 1.29 is 23.1 Å². The number of rotatable bonds is 8. The summed E-state index contributed by atoms with van der Waals surface area (Å²) in [5.74, 6) is -3.67. The molecule has 0 unspecified atom stereocenters. The zero-order chi connectivity index (χ0) is 22.4. The summed E-state index contributed by atoms with van der Waals surface area (Å²) in [5.41, 5.74) is 2.97. The highest BCUT2D eigenvalue weighted by Crippen LogP contribution is 2.26. The third-order valence-electron chi connectivity index (χ3n) is 4.46. The Kier molecular flexibility index (Phi) is 7.41. The summed E-state index contributed by atoms with van der Waals surface area (Å²) in [4.78, 5) is 25.0. The van der Waals surface area contributed by atoms with Crippen LogP contribution in [-0.4, -0.2) is 34.0 Å². The van der Waals surface area contributed by atoms with Crippen molar-refractivity contribution in [3.05, 3.63) is 77.1 Å². The topological polar surface area (TPSA) is 73.2 Å². The fourth-order valence-corrected chi connectivity index (χ4v) is 3.52. The summed E-state index contributed by atoms with van der Waals surface area (Å²) in [5, 5.41) is 6.97. The molecule has 31 heavy (non-hydrogen) atoms. The van der Waals surface area contributed by atoms with E-state index < -0.39 is 24.2 Å². The molecule has 0 saturated carbocycles. The van der Waals surface area contributed by atoms with Crippen molar-refractivity contribution in [3.8, 4) is 0 Å². The molecule has 9 heteroatoms. The van der Waals surface area contributed by atoms with Gasteiger partial charge in [0.2, 0.25) is 0 Å². The van der Waals surface area contributed by atoms with Gasteiger partial charge in [0.15, 0.2) is 6.61 Å². The molecule has 0 bridgehead atoms. The molecule has 0 atom stereocenters. The van der Waals surface area contributed by atoms with Crippen LogP contribution in [0.3, 0.4) is 0 Å². The van der Waals surface area contributed by atoms with Gasteiger partial charge in [-0.05, 0) is 43.7 Å². The van der Waals surface area contributed by atoms with Crippen molar-refractivity contribution in [1.29, 1.82) is 0 Å². The Morgan fingerprint density at radius 1 is 1.10 bits per heavy atom. The second-order valence-corrected chi connectivity index (χ2v) is 7.78. The molecule has 2 aromatic carbocycles. The number of esters is 1. The fraction of sp³-hybridized carbons (Fsp3) is 0.227. The number of carbonyl (C=O) groups is 2. The number of benzene rings is 2. The van der Waals surface area contributed by atoms with Crippen LogP contribution in [0.15, 0.2) is 59.5 Å². The first kappa shape index (κ1) is 22.5. The molecule has 162 valence electrons. The highest BCUT2D eigenvalue weighted by atomic mass is 32.2. The number of anilines is 1. The summed E-state index contributed by atoms with van der Waals surface area (Å²) in [7, 11) is 0. The minimum Gasteiger partial charge on any atom is -0.452 e. The van der Waals surface area contributed by atoms with E-state index in [4.69, 9.17) is 4.74 Å². The average Bonchev–Trinajstić information content (AvgIpc) is 3.01. The van der Waals surface area contributed by atoms with Gasteiger partial charge in [0, 0.05) is 10.6 Å². The lowest BCUT2D eigenvalue weighted by Crippen LogP contribution is -2.21. The molecule has 0 spiro atoms. The predicted molar refractivity (Wildman–Crippen MR) is 114 cm³/mol. The quantitative estimate of drug-likeness (QED) is 0.403. The Morgan fingerprint density at radius 3 is 2.42 bits per heavy atom. The molecule has 6 nitrogen and oxygen atoms in total. The maximum Gasteiger partial charge on any atom is 0.342 e. The minimum absolute atomic E-state index is 0.331. The zero-order valence-corrected chi connectivity index (χ0v) is 17.8. The number of hydrogen-bond acceptors (Lipinski definition) is 5. The van der Waals surface area contributed by atoms with Gasteiger partial charge in [-0.15, -0.1) is 0 Å². The van der Waals surface area contributed by atoms with Crippen molar-refractivity contribution in [2.24, 2.45) is 0 Å². The van der Waals surface area contributed by atoms with Gasteiger partial charge in [0.25, 0.3) is 11.7 Å². The van der Waals surface area contributed by atoms with Crippen LogP contribution in [0.1, 0.15) is 27.3 Å². The minimum atomic E-state index is -2.51. The van der Waals surface area contributed by atoms with Crippen molar-refractivity contribution in [2.45, 2.75) is 31.0 Å². The van der Waals surface area contributed by atoms with E-state index in [1.165, 1.54) is 24.3 Å². The number of halogens is 2. The van der Waals surface area contributed by atoms with E-state index >= 15 is 0 Å². The van der Waals surface area contributed by atoms with E-state index in [1.54, 1.807) is 18.5 Å². The van der Waals surface area contributed by atoms with Crippen LogP contribution in [0.5, 0.6) is 0 Å². The number of alkyl halides is 2. The normalized spacial score (nSPS) is 10.9. The number of ether oxygens (including phenoxy) is 1. The van der Waals surface area contributed by atoms with E-state index in [0.717, 1.165) is 5.56 Å². The SMILES string of the molecule is Cc1nn(Cc2ccccc2)c(C)c1C(=O)OCC(=O)Nc1ccc(SC(F)F)cc1. The highest BCUT2D eigenvalue weighted by molar-refractivity contribution is 7.99. The number of aromatic nitrogens is 2. The van der Waals surface area contributed by atoms with Crippen LogP contribution in [0.4, 0.5) is 14.5 Å². The van der Waals surface area contributed by atoms with Crippen LogP contribution in [-0.2, 0) is 16.1 Å². The molecule has 1 N–H and O–H groups in total. The Bertz CT molecular complexity index is 1050. The highest BCUT2D eigenvalue weighted by Gasteiger charge is 2.21. The van der Waals surface area contributed by atoms with Crippen molar-refractivity contribution in [3.63, 3.8) is 0 Å². The van der Waals surface area contributed by atoms with E-state index in [9.17, 15) is 18.4 Å². The molecule has 3 rings (SSSR count). The van der Waals surface area contributed by atoms with Gasteiger partial charge in [-0.25, -0.2) is 4.79 Å². The summed E-state index contributed by atoms with van der Waals surface area (Å²) < 4.78 is 31.6. The maximum atomic E-state index is 12.5. The van der Waals surface area contributed by atoms with Crippen LogP contribution >= 0.6 is 11.8 Å². The number of nitrogens with zero attached hydrogens (tertiary/aromatic N) is 2. The van der Waals surface area contributed by atoms with Crippen LogP contribution in [0.2, 0.25) is 0 Å². The number of aryl methyl sites for hydroxylation is 1. The lowest BCUT2D eigenvalue weighted by molar-refractivity contribution is -0.119. The van der Waals surface area contributed by atoms with E-state index in [2.05, 4.69) is 10.4 Å². The number of nitrogens with one attached hydrogen (secondary N) is 1. The Balaban J connectivity index is 1.57. The summed E-state index contributed by atoms with van der Waals surface area (Å²) >= 11 is 0.419. The van der Waals surface area contributed by atoms with Crippen LogP contribution in [0, 0.1) is 13.8 Å². The maximum absolute atomic E-state index is 12.5. The van der Waals surface area contributed by atoms with Gasteiger partial charge < -0.3 is 10.1 Å². The van der Waals surface area contributed by atoms with Gasteiger partial charge in [-0.1, -0.05) is 42.1 Å². The fourth-order valence-electron chi connectivity index (χ4n) is 3.02. The molecule has 3 aromatic rings. The molecule has 0 saturated heterocycles. The lowest BCUT2D eigenvalue weighted by atomic mass is 10.2. The molecule has 1 aromatic heterocycles. The molecule has 0 aliphatic carbocycles. The summed E-state index contributed by atoms with van der Waals surface area (Å²) in [6, 6.07) is 15.7. The van der Waals surface area contributed by atoms with Crippen LogP contribution < -0.4 is 5.32 Å². The Hall–Kier alpha value is -3.20. The molecule has 0 radical (unpaired) electrons. The largest absolute Gasteiger partial charge is 0.452 e. The van der Waals surface area contributed by atoms with Gasteiger partial charge in [0.05, 0.1) is 17.9 Å². The van der Waals surface area contributed by atoms with Crippen LogP contribution in [0.25, 0.3) is 0 Å². The molecule has 1 amide bonds. The first-order valence-electron chi connectivity index (χ1n) is 9.43. The monoisotopic (exact) mass is 445 g/mol. The Labute approximate surface area is 182 Å². The lowest BCUT2D eigenvalue weighted by Gasteiger charge is -2.08. The number of carbonyl (C=O) groups excluding carboxylic acids is 2. The summed E-state index contributed by atoms with van der Waals surface area (Å²) in [6.45, 7) is 3.53. The number of thioether (sulfide) groups is 1. The average molecular weight is 445 g/mol. The molecule has 1 heterocycles. The van der Waals surface area contributed by atoms with Gasteiger partial charge in [0.1, 0.15) is 5.56 Å². The first-order chi connectivity index (χ1) is 14.8. The third kappa shape index (κ3) is 6.14. The second-order valence-electron chi connectivity index (χ2n) is 6.72. The molecule has 0 aliphatic heterocycles. The predicted octanol–water partition coefficient (Wildman–Crippen LogP) is 4.66. The van der Waals surface area contributed by atoms with E-state index in [0.29, 0.717) is 45.8 Å². The van der Waals surface area contributed by atoms with E-state index in [-0.39, 0.29) is 0 Å². The van der Waals surface area contributed by atoms with Crippen molar-refractivity contribution >= 4 is 29.3 Å². The van der Waals surface area contributed by atoms with Gasteiger partial charge >= 0.3 is 5.97 Å². The van der Waals surface area contributed by atoms with Gasteiger partial charge in [-0.3, -0.25) is 9.48 Å². The molecular weight excluding hydrogens is 424 g/mol. The van der Waals surface area contributed by atoms with Crippen molar-refractivity contribution in [2.75, 3.05) is 11.9 Å². The third-order valence-corrected chi connectivity index (χ3v) is 5.18. The number of hydrogen-bond donors (Lipinski definition) is 1. The zero-order valence-electron chi connectivity index (χ0n) is 17.0. The smallest absolute Gasteiger partial charge is 0.342 e. The molecular formula is C22H21F2N3O3S. The first-order valence-corrected chi connectivity index (χ1v) is 10.3.